The number of benzene rings is 1. The maximum absolute atomic E-state index is 13.0. The number of rotatable bonds is 1. The van der Waals surface area contributed by atoms with Gasteiger partial charge in [-0.05, 0) is 22.9 Å². The molecule has 0 saturated heterocycles. The summed E-state index contributed by atoms with van der Waals surface area (Å²) < 4.78 is 13.1. The predicted molar refractivity (Wildman–Crippen MR) is 50.0 cm³/mol. The van der Waals surface area contributed by atoms with Crippen LogP contribution in [0.5, 0.6) is 11.5 Å². The number of hydrogen-bond acceptors (Lipinski definition) is 3. The lowest BCUT2D eigenvalue weighted by atomic mass is 10.1. The molecule has 72 valence electrons. The van der Waals surface area contributed by atoms with Crippen LogP contribution in [0.1, 0.15) is 18.5 Å². The molecule has 0 aliphatic heterocycles. The monoisotopic (exact) mass is 249 g/mol. The minimum absolute atomic E-state index is 0.0813. The fraction of sp³-hybridized carbons (Fsp3) is 0.250. The van der Waals surface area contributed by atoms with Crippen LogP contribution >= 0.6 is 15.9 Å². The number of nitrogens with two attached hydrogens (primary N) is 1. The fourth-order valence-electron chi connectivity index (χ4n) is 1.04. The van der Waals surface area contributed by atoms with Gasteiger partial charge in [-0.3, -0.25) is 0 Å². The number of phenols is 2. The van der Waals surface area contributed by atoms with E-state index in [1.807, 2.05) is 0 Å². The molecule has 0 bridgehead atoms. The quantitative estimate of drug-likeness (QED) is 0.668. The van der Waals surface area contributed by atoms with Crippen molar-refractivity contribution >= 4 is 15.9 Å². The minimum Gasteiger partial charge on any atom is -0.504 e. The first-order valence-corrected chi connectivity index (χ1v) is 4.39. The highest BCUT2D eigenvalue weighted by Gasteiger charge is 2.18. The van der Waals surface area contributed by atoms with Crippen LogP contribution in [0, 0.1) is 5.82 Å². The first-order valence-electron chi connectivity index (χ1n) is 3.60. The minimum atomic E-state index is -0.650. The smallest absolute Gasteiger partial charge is 0.163 e. The van der Waals surface area contributed by atoms with Crippen LogP contribution in [0.2, 0.25) is 0 Å². The van der Waals surface area contributed by atoms with Crippen molar-refractivity contribution < 1.29 is 14.6 Å². The standard InChI is InChI=1S/C8H9BrFNO2/c1-3(11)6-7(9)4(10)2-5(12)8(6)13/h2-3,12-13H,11H2,1H3. The largest absolute Gasteiger partial charge is 0.504 e. The maximum atomic E-state index is 13.0. The Balaban J connectivity index is 3.46. The molecule has 1 atom stereocenters. The summed E-state index contributed by atoms with van der Waals surface area (Å²) in [5, 5.41) is 18.4. The number of hydrogen-bond donors (Lipinski definition) is 3. The average molecular weight is 250 g/mol. The second kappa shape index (κ2) is 3.51. The zero-order chi connectivity index (χ0) is 10.2. The number of halogens is 2. The van der Waals surface area contributed by atoms with Gasteiger partial charge in [0.25, 0.3) is 0 Å². The van der Waals surface area contributed by atoms with E-state index in [0.29, 0.717) is 0 Å². The van der Waals surface area contributed by atoms with Crippen LogP contribution in [-0.4, -0.2) is 10.2 Å². The van der Waals surface area contributed by atoms with E-state index in [-0.39, 0.29) is 15.8 Å². The molecule has 0 saturated carbocycles. The molecule has 1 aromatic rings. The molecule has 0 spiro atoms. The average Bonchev–Trinajstić information content (AvgIpc) is 2.01. The zero-order valence-corrected chi connectivity index (χ0v) is 8.47. The van der Waals surface area contributed by atoms with Gasteiger partial charge in [0.15, 0.2) is 11.5 Å². The van der Waals surface area contributed by atoms with Gasteiger partial charge in [-0.1, -0.05) is 0 Å². The van der Waals surface area contributed by atoms with E-state index in [1.165, 1.54) is 0 Å². The Morgan fingerprint density at radius 3 is 2.54 bits per heavy atom. The summed E-state index contributed by atoms with van der Waals surface area (Å²) in [7, 11) is 0. The summed E-state index contributed by atoms with van der Waals surface area (Å²) in [5.41, 5.74) is 5.65. The van der Waals surface area contributed by atoms with E-state index in [9.17, 15) is 9.50 Å². The van der Waals surface area contributed by atoms with Gasteiger partial charge in [-0.25, -0.2) is 4.39 Å². The highest BCUT2D eigenvalue weighted by atomic mass is 79.9. The molecule has 0 heterocycles. The zero-order valence-electron chi connectivity index (χ0n) is 6.88. The van der Waals surface area contributed by atoms with Crippen molar-refractivity contribution in [3.8, 4) is 11.5 Å². The topological polar surface area (TPSA) is 66.5 Å². The second-order valence-corrected chi connectivity index (χ2v) is 3.54. The van der Waals surface area contributed by atoms with Gasteiger partial charge in [-0.2, -0.15) is 0 Å². The van der Waals surface area contributed by atoms with Crippen LogP contribution in [0.25, 0.3) is 0 Å². The van der Waals surface area contributed by atoms with Crippen LogP contribution in [0.4, 0.5) is 4.39 Å². The molecule has 0 aliphatic carbocycles. The van der Waals surface area contributed by atoms with E-state index in [4.69, 9.17) is 10.8 Å². The van der Waals surface area contributed by atoms with Crippen molar-refractivity contribution in [1.82, 2.24) is 0 Å². The molecule has 1 rings (SSSR count). The van der Waals surface area contributed by atoms with Gasteiger partial charge in [0, 0.05) is 17.7 Å². The Bertz CT molecular complexity index is 315. The molecule has 3 nitrogen and oxygen atoms in total. The Morgan fingerprint density at radius 1 is 1.54 bits per heavy atom. The first-order chi connectivity index (χ1) is 5.95. The van der Waals surface area contributed by atoms with Gasteiger partial charge in [0.05, 0.1) is 4.47 Å². The van der Waals surface area contributed by atoms with E-state index >= 15 is 0 Å². The third-order valence-corrected chi connectivity index (χ3v) is 2.47. The molecule has 13 heavy (non-hydrogen) atoms. The molecule has 0 aliphatic rings. The predicted octanol–water partition coefficient (Wildman–Crippen LogP) is 2.02. The molecule has 0 radical (unpaired) electrons. The third-order valence-electron chi connectivity index (χ3n) is 1.66. The molecule has 4 N–H and O–H groups in total. The number of phenolic OH excluding ortho intramolecular Hbond substituents is 2. The van der Waals surface area contributed by atoms with Crippen LogP contribution in [0.15, 0.2) is 10.5 Å². The molecule has 0 fully saturated rings. The molecular weight excluding hydrogens is 241 g/mol. The SMILES string of the molecule is CC(N)c1c(O)c(O)cc(F)c1Br. The molecule has 0 amide bonds. The van der Waals surface area contributed by atoms with Crippen molar-refractivity contribution in [3.05, 3.63) is 21.9 Å². The van der Waals surface area contributed by atoms with E-state index in [1.54, 1.807) is 6.92 Å². The van der Waals surface area contributed by atoms with Crippen molar-refractivity contribution in [2.24, 2.45) is 5.73 Å². The summed E-state index contributed by atoms with van der Waals surface area (Å²) in [5.74, 6) is -1.54. The van der Waals surface area contributed by atoms with Gasteiger partial charge in [-0.15, -0.1) is 0 Å². The van der Waals surface area contributed by atoms with Crippen LogP contribution in [-0.2, 0) is 0 Å². The van der Waals surface area contributed by atoms with Crippen LogP contribution in [0.3, 0.4) is 0 Å². The molecule has 5 heteroatoms. The summed E-state index contributed by atoms with van der Waals surface area (Å²) in [6, 6.07) is 0.265. The van der Waals surface area contributed by atoms with Crippen LogP contribution < -0.4 is 5.73 Å². The molecule has 1 aromatic carbocycles. The highest BCUT2D eigenvalue weighted by Crippen LogP contribution is 2.39. The van der Waals surface area contributed by atoms with Crippen molar-refractivity contribution in [2.45, 2.75) is 13.0 Å². The lowest BCUT2D eigenvalue weighted by molar-refractivity contribution is 0.391. The van der Waals surface area contributed by atoms with Crippen molar-refractivity contribution in [2.75, 3.05) is 0 Å². The summed E-state index contributed by atoms with van der Waals surface area (Å²) in [4.78, 5) is 0. The van der Waals surface area contributed by atoms with E-state index in [2.05, 4.69) is 15.9 Å². The van der Waals surface area contributed by atoms with E-state index in [0.717, 1.165) is 6.07 Å². The summed E-state index contributed by atoms with van der Waals surface area (Å²) in [6.07, 6.45) is 0. The lowest BCUT2D eigenvalue weighted by Gasteiger charge is -2.12. The summed E-state index contributed by atoms with van der Waals surface area (Å²) in [6.45, 7) is 1.58. The van der Waals surface area contributed by atoms with Gasteiger partial charge in [0.1, 0.15) is 5.82 Å². The van der Waals surface area contributed by atoms with Crippen molar-refractivity contribution in [1.29, 1.82) is 0 Å². The van der Waals surface area contributed by atoms with E-state index < -0.39 is 17.6 Å². The Kier molecular flexibility index (Phi) is 2.77. The second-order valence-electron chi connectivity index (χ2n) is 2.74. The third kappa shape index (κ3) is 1.76. The fourth-order valence-corrected chi connectivity index (χ4v) is 1.70. The normalized spacial score (nSPS) is 12.9. The van der Waals surface area contributed by atoms with Gasteiger partial charge >= 0.3 is 0 Å². The summed E-state index contributed by atoms with van der Waals surface area (Å²) >= 11 is 2.94. The lowest BCUT2D eigenvalue weighted by Crippen LogP contribution is -2.07. The maximum Gasteiger partial charge on any atom is 0.163 e. The number of aromatic hydroxyl groups is 2. The first kappa shape index (κ1) is 10.3. The van der Waals surface area contributed by atoms with Gasteiger partial charge in [0.2, 0.25) is 0 Å². The van der Waals surface area contributed by atoms with Gasteiger partial charge < -0.3 is 15.9 Å². The highest BCUT2D eigenvalue weighted by molar-refractivity contribution is 9.10. The molecule has 1 unspecified atom stereocenters. The van der Waals surface area contributed by atoms with Crippen molar-refractivity contribution in [3.63, 3.8) is 0 Å². The molecular formula is C8H9BrFNO2. The Morgan fingerprint density at radius 2 is 2.08 bits per heavy atom. The molecule has 0 aromatic heterocycles. The Labute approximate surface area is 83.1 Å². The Hall–Kier alpha value is -0.810.